The summed E-state index contributed by atoms with van der Waals surface area (Å²) < 4.78 is 27.3. The fraction of sp³-hybridized carbons (Fsp3) is 0.514. The second kappa shape index (κ2) is 15.8. The van der Waals surface area contributed by atoms with E-state index in [0.29, 0.717) is 46.8 Å². The molecule has 1 saturated heterocycles. The highest BCUT2D eigenvalue weighted by atomic mass is 28.4. The van der Waals surface area contributed by atoms with Crippen molar-refractivity contribution in [1.82, 2.24) is 15.2 Å². The lowest BCUT2D eigenvalue weighted by Crippen LogP contribution is -2.56. The highest BCUT2D eigenvalue weighted by Gasteiger charge is 2.48. The fourth-order valence-corrected chi connectivity index (χ4v) is 12.2. The van der Waals surface area contributed by atoms with E-state index in [2.05, 4.69) is 52.2 Å². The molecule has 2 amide bonds. The van der Waals surface area contributed by atoms with Crippen LogP contribution >= 0.6 is 0 Å². The van der Waals surface area contributed by atoms with Crippen molar-refractivity contribution >= 4 is 36.9 Å². The van der Waals surface area contributed by atoms with E-state index in [4.69, 9.17) is 19.3 Å². The van der Waals surface area contributed by atoms with Gasteiger partial charge in [0.2, 0.25) is 5.91 Å². The lowest BCUT2D eigenvalue weighted by molar-refractivity contribution is -0.127. The lowest BCUT2D eigenvalue weighted by Gasteiger charge is -2.42. The predicted molar refractivity (Wildman–Crippen MR) is 184 cm³/mol. The Morgan fingerprint density at radius 3 is 2.36 bits per heavy atom. The molecule has 1 aliphatic heterocycles. The number of hydrogen-bond donors (Lipinski definition) is 4. The Hall–Kier alpha value is -3.90. The van der Waals surface area contributed by atoms with E-state index in [1.807, 2.05) is 48.5 Å². The number of aliphatic hydroxyl groups excluding tert-OH is 1. The smallest absolute Gasteiger partial charge is 0.407 e. The van der Waals surface area contributed by atoms with Gasteiger partial charge in [-0.2, -0.15) is 0 Å². The van der Waals surface area contributed by atoms with Gasteiger partial charge in [0.1, 0.15) is 18.8 Å². The largest absolute Gasteiger partial charge is 0.540 e. The van der Waals surface area contributed by atoms with Crippen LogP contribution in [0.15, 0.2) is 54.7 Å². The first-order valence-electron chi connectivity index (χ1n) is 16.4. The molecule has 4 rings (SSSR count). The van der Waals surface area contributed by atoms with E-state index in [-0.39, 0.29) is 19.0 Å². The molecule has 0 bridgehead atoms. The Morgan fingerprint density at radius 2 is 1.74 bits per heavy atom. The van der Waals surface area contributed by atoms with Crippen LogP contribution in [0.3, 0.4) is 0 Å². The average Bonchev–Trinajstić information content (AvgIpc) is 3.04. The monoisotopic (exact) mass is 668 g/mol. The van der Waals surface area contributed by atoms with Crippen LogP contribution in [0.2, 0.25) is 16.6 Å². The first-order chi connectivity index (χ1) is 22.4. The number of carbonyl (C=O) groups excluding carboxylic acids is 1. The molecule has 10 nitrogen and oxygen atoms in total. The zero-order chi connectivity index (χ0) is 34.3. The van der Waals surface area contributed by atoms with E-state index < -0.39 is 45.7 Å². The van der Waals surface area contributed by atoms with Crippen molar-refractivity contribution < 1.29 is 33.4 Å². The van der Waals surface area contributed by atoms with Crippen LogP contribution in [0.25, 0.3) is 10.9 Å². The minimum absolute atomic E-state index is 0.127. The van der Waals surface area contributed by atoms with Gasteiger partial charge in [0, 0.05) is 18.0 Å². The molecule has 3 atom stereocenters. The second-order valence-electron chi connectivity index (χ2n) is 13.3. The van der Waals surface area contributed by atoms with Gasteiger partial charge < -0.3 is 30.0 Å². The van der Waals surface area contributed by atoms with Crippen LogP contribution in [0.5, 0.6) is 11.5 Å². The minimum atomic E-state index is -2.42. The number of piperidine rings is 1. The molecule has 3 aromatic rings. The van der Waals surface area contributed by atoms with Crippen molar-refractivity contribution in [3.63, 3.8) is 0 Å². The molecule has 256 valence electrons. The molecule has 4 N–H and O–H groups in total. The zero-order valence-electron chi connectivity index (χ0n) is 28.2. The van der Waals surface area contributed by atoms with Gasteiger partial charge in [0.15, 0.2) is 11.5 Å². The maximum absolute atomic E-state index is 13.6. The summed E-state index contributed by atoms with van der Waals surface area (Å²) >= 11 is 0. The molecule has 0 spiro atoms. The number of nitrogens with zero attached hydrogens (tertiary/aromatic N) is 2. The first-order valence-corrected chi connectivity index (χ1v) is 18.6. The third-order valence-electron chi connectivity index (χ3n) is 9.22. The molecule has 2 unspecified atom stereocenters. The van der Waals surface area contributed by atoms with Crippen molar-refractivity contribution in [2.24, 2.45) is 0 Å². The SMILES string of the molecule is CC(C)[Si](Oc1c(OCc2ccccc2)ccc2ncc(NC3CCN(C(=O)O)[C@H](C(=O)NCC(F)CO)C3)cc12)(C(C)C)C(C)C. The Kier molecular flexibility index (Phi) is 12.1. The van der Waals surface area contributed by atoms with E-state index in [0.717, 1.165) is 21.4 Å². The molecular weight excluding hydrogens is 619 g/mol. The number of pyridine rings is 1. The predicted octanol–water partition coefficient (Wildman–Crippen LogP) is 6.74. The number of nitrogens with one attached hydrogen (secondary N) is 2. The molecular formula is C35H49FN4O6Si. The van der Waals surface area contributed by atoms with Crippen LogP contribution in [-0.4, -0.2) is 78.4 Å². The molecule has 0 aliphatic carbocycles. The van der Waals surface area contributed by atoms with Gasteiger partial charge in [-0.3, -0.25) is 14.7 Å². The summed E-state index contributed by atoms with van der Waals surface area (Å²) in [7, 11) is -2.42. The average molecular weight is 669 g/mol. The number of ether oxygens (including phenoxy) is 1. The highest BCUT2D eigenvalue weighted by molar-refractivity contribution is 6.78. The number of benzene rings is 2. The van der Waals surface area contributed by atoms with Crippen LogP contribution in [0.4, 0.5) is 14.9 Å². The zero-order valence-corrected chi connectivity index (χ0v) is 29.2. The van der Waals surface area contributed by atoms with Crippen LogP contribution in [0, 0.1) is 0 Å². The summed E-state index contributed by atoms with van der Waals surface area (Å²) in [5.74, 6) is 0.708. The van der Waals surface area contributed by atoms with Gasteiger partial charge in [0.05, 0.1) is 30.6 Å². The van der Waals surface area contributed by atoms with Gasteiger partial charge in [-0.05, 0) is 53.2 Å². The fourth-order valence-electron chi connectivity index (χ4n) is 6.92. The molecule has 12 heteroatoms. The summed E-state index contributed by atoms with van der Waals surface area (Å²) in [4.78, 5) is 30.7. The molecule has 0 saturated carbocycles. The Labute approximate surface area is 277 Å². The summed E-state index contributed by atoms with van der Waals surface area (Å²) in [6.07, 6.45) is -0.472. The van der Waals surface area contributed by atoms with Gasteiger partial charge in [-0.15, -0.1) is 0 Å². The number of hydrogen-bond acceptors (Lipinski definition) is 7. The number of likely N-dealkylation sites (tertiary alicyclic amines) is 1. The standard InChI is InChI=1S/C35H49FN4O6Si/c1-22(2)47(23(3)4,24(5)6)46-33-29-16-28(19-37-30(29)12-13-32(33)45-21-25-10-8-7-9-11-25)39-27-14-15-40(35(43)44)31(17-27)34(42)38-18-26(36)20-41/h7-13,16,19,22-24,26-27,31,39,41H,14-15,17-18,20-21H2,1-6H3,(H,38,42)(H,43,44)/t26?,27?,31-/m0/s1. The third kappa shape index (κ3) is 8.34. The Morgan fingerprint density at radius 1 is 1.06 bits per heavy atom. The first kappa shape index (κ1) is 35.9. The normalized spacial score (nSPS) is 17.6. The molecule has 47 heavy (non-hydrogen) atoms. The number of carboxylic acid groups (broad SMARTS) is 1. The lowest BCUT2D eigenvalue weighted by atomic mass is 9.96. The van der Waals surface area contributed by atoms with Crippen molar-refractivity contribution in [2.75, 3.05) is 25.0 Å². The number of alkyl halides is 1. The number of aromatic nitrogens is 1. The van der Waals surface area contributed by atoms with Crippen molar-refractivity contribution in [3.8, 4) is 11.5 Å². The molecule has 1 aliphatic rings. The number of aliphatic hydroxyl groups is 1. The quantitative estimate of drug-likeness (QED) is 0.139. The van der Waals surface area contributed by atoms with Gasteiger partial charge >= 0.3 is 6.09 Å². The van der Waals surface area contributed by atoms with Crippen LogP contribution in [-0.2, 0) is 11.4 Å². The summed E-state index contributed by atoms with van der Waals surface area (Å²) in [5.41, 5.74) is 3.45. The molecule has 0 radical (unpaired) electrons. The van der Waals surface area contributed by atoms with Crippen molar-refractivity contribution in [2.45, 2.75) is 95.9 Å². The number of amides is 2. The van der Waals surface area contributed by atoms with Gasteiger partial charge in [-0.25, -0.2) is 9.18 Å². The summed E-state index contributed by atoms with van der Waals surface area (Å²) in [6, 6.07) is 14.5. The van der Waals surface area contributed by atoms with Gasteiger partial charge in [0.25, 0.3) is 8.32 Å². The number of halogens is 1. The van der Waals surface area contributed by atoms with Crippen molar-refractivity contribution in [3.05, 3.63) is 60.3 Å². The second-order valence-corrected chi connectivity index (χ2v) is 18.6. The number of anilines is 1. The number of rotatable bonds is 14. The van der Waals surface area contributed by atoms with Crippen molar-refractivity contribution in [1.29, 1.82) is 0 Å². The maximum atomic E-state index is 13.6. The topological polar surface area (TPSA) is 133 Å². The van der Waals surface area contributed by atoms with E-state index in [9.17, 15) is 19.1 Å². The van der Waals surface area contributed by atoms with Crippen LogP contribution in [0.1, 0.15) is 59.9 Å². The van der Waals surface area contributed by atoms with Gasteiger partial charge in [-0.1, -0.05) is 71.9 Å². The third-order valence-corrected chi connectivity index (χ3v) is 15.2. The Balaban J connectivity index is 1.69. The molecule has 1 aromatic heterocycles. The maximum Gasteiger partial charge on any atom is 0.407 e. The summed E-state index contributed by atoms with van der Waals surface area (Å²) in [6.45, 7) is 12.8. The van der Waals surface area contributed by atoms with E-state index >= 15 is 0 Å². The minimum Gasteiger partial charge on any atom is -0.540 e. The van der Waals surface area contributed by atoms with E-state index in [1.165, 1.54) is 0 Å². The number of fused-ring (bicyclic) bond motifs is 1. The molecule has 1 fully saturated rings. The Bertz CT molecular complexity index is 1490. The highest BCUT2D eigenvalue weighted by Crippen LogP contribution is 2.47. The van der Waals surface area contributed by atoms with Crippen LogP contribution < -0.4 is 19.8 Å². The number of carbonyl (C=O) groups is 2. The van der Waals surface area contributed by atoms with E-state index in [1.54, 1.807) is 6.20 Å². The molecule has 2 aromatic carbocycles. The molecule has 2 heterocycles. The summed E-state index contributed by atoms with van der Waals surface area (Å²) in [5, 5.41) is 25.4.